The molecular formula is C4H8ClO2P. The van der Waals surface area contributed by atoms with Gasteiger partial charge in [-0.05, 0) is 12.8 Å². The number of halogens is 1. The maximum atomic E-state index is 9.61. The summed E-state index contributed by atoms with van der Waals surface area (Å²) in [5, 5.41) is 0. The second-order valence-corrected chi connectivity index (χ2v) is 2.09. The minimum absolute atomic E-state index is 0.233. The fourth-order valence-corrected chi connectivity index (χ4v) is 0.691. The lowest BCUT2D eigenvalue weighted by Crippen LogP contribution is -1.83. The van der Waals surface area contributed by atoms with Crippen LogP contribution in [0.25, 0.3) is 0 Å². The van der Waals surface area contributed by atoms with Gasteiger partial charge in [0.2, 0.25) is 0 Å². The van der Waals surface area contributed by atoms with Gasteiger partial charge in [0, 0.05) is 5.88 Å². The van der Waals surface area contributed by atoms with E-state index in [1.165, 1.54) is 0 Å². The molecule has 0 saturated carbocycles. The molecular weight excluding hydrogens is 146 g/mol. The van der Waals surface area contributed by atoms with Crippen molar-refractivity contribution in [2.45, 2.75) is 12.8 Å². The largest absolute Gasteiger partial charge is 0.327 e. The average Bonchev–Trinajstić information content (AvgIpc) is 1.81. The molecule has 0 aliphatic carbocycles. The molecule has 0 aromatic rings. The number of rotatable bonds is 5. The molecule has 0 unspecified atom stereocenters. The molecule has 0 aliphatic rings. The summed E-state index contributed by atoms with van der Waals surface area (Å²) in [5.41, 5.74) is 0. The van der Waals surface area contributed by atoms with Gasteiger partial charge in [0.25, 0.3) is 0 Å². The highest BCUT2D eigenvalue weighted by Crippen LogP contribution is 1.98. The van der Waals surface area contributed by atoms with E-state index >= 15 is 0 Å². The summed E-state index contributed by atoms with van der Waals surface area (Å²) in [5.74, 6) is 0.652. The molecule has 8 heavy (non-hydrogen) atoms. The van der Waals surface area contributed by atoms with E-state index in [-0.39, 0.29) is 8.69 Å². The topological polar surface area (TPSA) is 26.3 Å². The van der Waals surface area contributed by atoms with Gasteiger partial charge in [0.05, 0.1) is 6.61 Å². The monoisotopic (exact) mass is 154 g/mol. The van der Waals surface area contributed by atoms with Crippen LogP contribution in [0.3, 0.4) is 0 Å². The highest BCUT2D eigenvalue weighted by molar-refractivity contribution is 7.17. The lowest BCUT2D eigenvalue weighted by Gasteiger charge is -1.89. The van der Waals surface area contributed by atoms with Crippen LogP contribution in [0.1, 0.15) is 12.8 Å². The Morgan fingerprint density at radius 2 is 2.25 bits per heavy atom. The summed E-state index contributed by atoms with van der Waals surface area (Å²) in [6, 6.07) is 0. The zero-order valence-electron chi connectivity index (χ0n) is 4.47. The summed E-state index contributed by atoms with van der Waals surface area (Å²) < 4.78 is 14.1. The summed E-state index contributed by atoms with van der Waals surface area (Å²) in [6.45, 7) is 0.539. The first-order valence-electron chi connectivity index (χ1n) is 2.42. The smallest absolute Gasteiger partial charge is 0.294 e. The maximum Gasteiger partial charge on any atom is 0.327 e. The third kappa shape index (κ3) is 6.35. The highest BCUT2D eigenvalue weighted by Gasteiger charge is 1.84. The van der Waals surface area contributed by atoms with E-state index in [1.54, 1.807) is 0 Å². The van der Waals surface area contributed by atoms with Crippen molar-refractivity contribution in [2.75, 3.05) is 12.5 Å². The molecule has 0 N–H and O–H groups in total. The van der Waals surface area contributed by atoms with Crippen LogP contribution in [0, 0.1) is 0 Å². The summed E-state index contributed by atoms with van der Waals surface area (Å²) in [7, 11) is -0.233. The molecule has 2 nitrogen and oxygen atoms in total. The van der Waals surface area contributed by atoms with Gasteiger partial charge < -0.3 is 0 Å². The Balaban J connectivity index is 2.62. The van der Waals surface area contributed by atoms with Crippen molar-refractivity contribution in [3.63, 3.8) is 0 Å². The summed E-state index contributed by atoms with van der Waals surface area (Å²) in [4.78, 5) is 0. The van der Waals surface area contributed by atoms with Crippen LogP contribution in [0.4, 0.5) is 0 Å². The minimum Gasteiger partial charge on any atom is -0.294 e. The van der Waals surface area contributed by atoms with Gasteiger partial charge >= 0.3 is 8.69 Å². The Hall–Kier alpha value is 0.350. The van der Waals surface area contributed by atoms with E-state index < -0.39 is 0 Å². The molecule has 4 heteroatoms. The Kier molecular flexibility index (Phi) is 7.67. The first kappa shape index (κ1) is 8.35. The summed E-state index contributed by atoms with van der Waals surface area (Å²) >= 11 is 5.34. The third-order valence-corrected chi connectivity index (χ3v) is 1.23. The lowest BCUT2D eigenvalue weighted by atomic mass is 10.4. The van der Waals surface area contributed by atoms with E-state index in [0.29, 0.717) is 12.5 Å². The van der Waals surface area contributed by atoms with Crippen LogP contribution in [0.5, 0.6) is 0 Å². The van der Waals surface area contributed by atoms with Crippen molar-refractivity contribution >= 4 is 20.3 Å². The van der Waals surface area contributed by atoms with Gasteiger partial charge in [-0.3, -0.25) is 4.52 Å². The van der Waals surface area contributed by atoms with Crippen molar-refractivity contribution in [2.24, 2.45) is 0 Å². The predicted octanol–water partition coefficient (Wildman–Crippen LogP) is 2.23. The molecule has 0 bridgehead atoms. The van der Waals surface area contributed by atoms with E-state index in [2.05, 4.69) is 4.52 Å². The van der Waals surface area contributed by atoms with Crippen molar-refractivity contribution in [1.29, 1.82) is 0 Å². The third-order valence-electron chi connectivity index (χ3n) is 0.672. The Morgan fingerprint density at radius 1 is 1.50 bits per heavy atom. The molecule has 0 radical (unpaired) electrons. The van der Waals surface area contributed by atoms with Crippen LogP contribution in [-0.4, -0.2) is 12.5 Å². The lowest BCUT2D eigenvalue weighted by molar-refractivity contribution is 0.334. The van der Waals surface area contributed by atoms with Crippen LogP contribution >= 0.6 is 20.3 Å². The standard InChI is InChI=1S/C4H8ClO2P/c5-3-1-2-4-7-8-6/h1-4H2. The molecule has 0 aromatic carbocycles. The van der Waals surface area contributed by atoms with Gasteiger partial charge in [-0.1, -0.05) is 0 Å². The van der Waals surface area contributed by atoms with Crippen molar-refractivity contribution in [3.05, 3.63) is 0 Å². The minimum atomic E-state index is -0.233. The number of alkyl halides is 1. The SMILES string of the molecule is O=POCCCCCl. The maximum absolute atomic E-state index is 9.61. The normalized spacial score (nSPS) is 10.1. The zero-order chi connectivity index (χ0) is 6.24. The van der Waals surface area contributed by atoms with Crippen molar-refractivity contribution < 1.29 is 9.09 Å². The molecule has 0 fully saturated rings. The van der Waals surface area contributed by atoms with E-state index in [1.807, 2.05) is 0 Å². The molecule has 48 valence electrons. The Bertz CT molecular complexity index is 60.0. The average molecular weight is 155 g/mol. The number of unbranched alkanes of at least 4 members (excludes halogenated alkanes) is 1. The summed E-state index contributed by atoms with van der Waals surface area (Å²) in [6.07, 6.45) is 1.82. The van der Waals surface area contributed by atoms with Crippen LogP contribution < -0.4 is 0 Å². The Labute approximate surface area is 55.5 Å². The predicted molar refractivity (Wildman–Crippen MR) is 33.5 cm³/mol. The van der Waals surface area contributed by atoms with Gasteiger partial charge in [-0.15, -0.1) is 11.6 Å². The van der Waals surface area contributed by atoms with Gasteiger partial charge in [0.1, 0.15) is 0 Å². The van der Waals surface area contributed by atoms with Crippen LogP contribution in [-0.2, 0) is 9.09 Å². The van der Waals surface area contributed by atoms with Gasteiger partial charge in [0.15, 0.2) is 0 Å². The van der Waals surface area contributed by atoms with Gasteiger partial charge in [-0.2, -0.15) is 0 Å². The second kappa shape index (κ2) is 7.35. The van der Waals surface area contributed by atoms with Crippen molar-refractivity contribution in [3.8, 4) is 0 Å². The molecule has 0 rings (SSSR count). The van der Waals surface area contributed by atoms with Gasteiger partial charge in [-0.25, -0.2) is 4.57 Å². The van der Waals surface area contributed by atoms with E-state index in [4.69, 9.17) is 11.6 Å². The first-order valence-corrected chi connectivity index (χ1v) is 3.69. The molecule has 0 saturated heterocycles. The molecule has 0 heterocycles. The van der Waals surface area contributed by atoms with E-state index in [9.17, 15) is 4.57 Å². The second-order valence-electron chi connectivity index (χ2n) is 1.30. The molecule has 0 atom stereocenters. The fraction of sp³-hybridized carbons (Fsp3) is 1.00. The number of hydrogen-bond donors (Lipinski definition) is 0. The number of hydrogen-bond acceptors (Lipinski definition) is 2. The van der Waals surface area contributed by atoms with E-state index in [0.717, 1.165) is 12.8 Å². The van der Waals surface area contributed by atoms with Crippen LogP contribution in [0.2, 0.25) is 0 Å². The van der Waals surface area contributed by atoms with Crippen LogP contribution in [0.15, 0.2) is 0 Å². The Morgan fingerprint density at radius 3 is 2.75 bits per heavy atom. The quantitative estimate of drug-likeness (QED) is 0.345. The molecule has 0 amide bonds. The fourth-order valence-electron chi connectivity index (χ4n) is 0.298. The van der Waals surface area contributed by atoms with Crippen molar-refractivity contribution in [1.82, 2.24) is 0 Å². The molecule has 0 spiro atoms. The highest BCUT2D eigenvalue weighted by atomic mass is 35.5. The first-order chi connectivity index (χ1) is 3.91. The molecule has 0 aromatic heterocycles. The molecule has 0 aliphatic heterocycles. The zero-order valence-corrected chi connectivity index (χ0v) is 6.12.